The van der Waals surface area contributed by atoms with Crippen molar-refractivity contribution < 1.29 is 8.42 Å². The third-order valence-electron chi connectivity index (χ3n) is 2.95. The third-order valence-corrected chi connectivity index (χ3v) is 4.08. The number of halogens is 1. The summed E-state index contributed by atoms with van der Waals surface area (Å²) in [7, 11) is 1.50. The second kappa shape index (κ2) is 5.54. The Labute approximate surface area is 123 Å². The van der Waals surface area contributed by atoms with Gasteiger partial charge in [-0.05, 0) is 26.3 Å². The molecule has 20 heavy (non-hydrogen) atoms. The van der Waals surface area contributed by atoms with Crippen LogP contribution >= 0.6 is 10.7 Å². The van der Waals surface area contributed by atoms with Crippen molar-refractivity contribution >= 4 is 19.7 Å². The van der Waals surface area contributed by atoms with Crippen molar-refractivity contribution in [2.45, 2.75) is 38.4 Å². The Bertz CT molecular complexity index is 706. The van der Waals surface area contributed by atoms with E-state index in [9.17, 15) is 8.42 Å². The SMILES string of the molecule is Cc1ccc(Cc2nnc(S(=O)(=O)Cl)n2C(C)C)cc1. The van der Waals surface area contributed by atoms with Crippen molar-refractivity contribution in [1.29, 1.82) is 0 Å². The molecular weight excluding hydrogens is 298 g/mol. The summed E-state index contributed by atoms with van der Waals surface area (Å²) in [5.74, 6) is 0.586. The molecule has 0 unspecified atom stereocenters. The lowest BCUT2D eigenvalue weighted by Crippen LogP contribution is -2.12. The minimum atomic E-state index is -3.90. The first-order valence-electron chi connectivity index (χ1n) is 6.23. The molecule has 0 aliphatic carbocycles. The van der Waals surface area contributed by atoms with Gasteiger partial charge < -0.3 is 0 Å². The lowest BCUT2D eigenvalue weighted by molar-refractivity contribution is 0.512. The molecule has 0 fully saturated rings. The molecule has 2 aromatic rings. The van der Waals surface area contributed by atoms with E-state index in [1.54, 1.807) is 4.57 Å². The smallest absolute Gasteiger partial charge is 0.296 e. The van der Waals surface area contributed by atoms with E-state index in [4.69, 9.17) is 10.7 Å². The van der Waals surface area contributed by atoms with Gasteiger partial charge in [-0.3, -0.25) is 4.57 Å². The van der Waals surface area contributed by atoms with Crippen molar-refractivity contribution in [1.82, 2.24) is 14.8 Å². The van der Waals surface area contributed by atoms with E-state index in [1.807, 2.05) is 45.0 Å². The predicted octanol–water partition coefficient (Wildman–Crippen LogP) is 2.69. The average molecular weight is 314 g/mol. The Kier molecular flexibility index (Phi) is 4.15. The van der Waals surface area contributed by atoms with Crippen LogP contribution in [0, 0.1) is 6.92 Å². The van der Waals surface area contributed by atoms with Crippen molar-refractivity contribution in [2.75, 3.05) is 0 Å². The van der Waals surface area contributed by atoms with E-state index in [0.29, 0.717) is 12.2 Å². The van der Waals surface area contributed by atoms with Crippen LogP contribution in [0.4, 0.5) is 0 Å². The van der Waals surface area contributed by atoms with E-state index in [-0.39, 0.29) is 11.2 Å². The molecule has 0 saturated carbocycles. The van der Waals surface area contributed by atoms with Crippen molar-refractivity contribution in [3.05, 3.63) is 41.2 Å². The molecule has 2 rings (SSSR count). The number of rotatable bonds is 4. The van der Waals surface area contributed by atoms with Gasteiger partial charge in [0, 0.05) is 23.1 Å². The molecule has 0 aliphatic rings. The summed E-state index contributed by atoms with van der Waals surface area (Å²) >= 11 is 0. The summed E-state index contributed by atoms with van der Waals surface area (Å²) in [4.78, 5) is 0. The van der Waals surface area contributed by atoms with Crippen LogP contribution < -0.4 is 0 Å². The largest absolute Gasteiger partial charge is 0.298 e. The molecule has 0 aliphatic heterocycles. The van der Waals surface area contributed by atoms with Crippen LogP contribution in [0.15, 0.2) is 29.4 Å². The van der Waals surface area contributed by atoms with Crippen LogP contribution in [-0.2, 0) is 15.5 Å². The summed E-state index contributed by atoms with van der Waals surface area (Å²) in [5, 5.41) is 7.49. The molecule has 5 nitrogen and oxygen atoms in total. The van der Waals surface area contributed by atoms with Crippen LogP contribution in [-0.4, -0.2) is 23.2 Å². The fourth-order valence-electron chi connectivity index (χ4n) is 2.00. The zero-order valence-corrected chi connectivity index (χ0v) is 13.1. The molecule has 0 N–H and O–H groups in total. The highest BCUT2D eigenvalue weighted by Gasteiger charge is 2.24. The van der Waals surface area contributed by atoms with Crippen LogP contribution in [0.2, 0.25) is 0 Å². The number of nitrogens with zero attached hydrogens (tertiary/aromatic N) is 3. The number of aromatic nitrogens is 3. The molecular formula is C13H16ClN3O2S. The zero-order chi connectivity index (χ0) is 14.9. The van der Waals surface area contributed by atoms with Crippen LogP contribution in [0.5, 0.6) is 0 Å². The van der Waals surface area contributed by atoms with Gasteiger partial charge in [0.25, 0.3) is 14.2 Å². The zero-order valence-electron chi connectivity index (χ0n) is 11.5. The van der Waals surface area contributed by atoms with Gasteiger partial charge in [0.05, 0.1) is 0 Å². The normalized spacial score (nSPS) is 12.1. The lowest BCUT2D eigenvalue weighted by atomic mass is 10.1. The molecule has 0 saturated heterocycles. The molecule has 108 valence electrons. The first-order chi connectivity index (χ1) is 9.29. The van der Waals surface area contributed by atoms with Gasteiger partial charge >= 0.3 is 0 Å². The fourth-order valence-corrected chi connectivity index (χ4v) is 3.01. The van der Waals surface area contributed by atoms with Gasteiger partial charge in [0.1, 0.15) is 5.82 Å². The summed E-state index contributed by atoms with van der Waals surface area (Å²) in [6.45, 7) is 5.75. The van der Waals surface area contributed by atoms with Gasteiger partial charge in [-0.2, -0.15) is 0 Å². The molecule has 1 heterocycles. The molecule has 0 radical (unpaired) electrons. The second-order valence-corrected chi connectivity index (χ2v) is 7.42. The molecule has 0 atom stereocenters. The molecule has 0 spiro atoms. The maximum atomic E-state index is 11.5. The monoisotopic (exact) mass is 313 g/mol. The van der Waals surface area contributed by atoms with Crippen molar-refractivity contribution in [3.63, 3.8) is 0 Å². The molecule has 7 heteroatoms. The Morgan fingerprint density at radius 2 is 1.80 bits per heavy atom. The quantitative estimate of drug-likeness (QED) is 0.814. The van der Waals surface area contributed by atoms with Gasteiger partial charge in [-0.25, -0.2) is 8.42 Å². The number of hydrogen-bond donors (Lipinski definition) is 0. The molecule has 0 amide bonds. The van der Waals surface area contributed by atoms with Gasteiger partial charge in [-0.15, -0.1) is 10.2 Å². The van der Waals surface area contributed by atoms with E-state index in [2.05, 4.69) is 10.2 Å². The maximum Gasteiger partial charge on any atom is 0.296 e. The van der Waals surface area contributed by atoms with Crippen LogP contribution in [0.1, 0.15) is 36.8 Å². The van der Waals surface area contributed by atoms with E-state index < -0.39 is 9.05 Å². The Morgan fingerprint density at radius 1 is 1.20 bits per heavy atom. The predicted molar refractivity (Wildman–Crippen MR) is 77.4 cm³/mol. The Hall–Kier alpha value is -1.40. The van der Waals surface area contributed by atoms with Gasteiger partial charge in [-0.1, -0.05) is 29.8 Å². The number of hydrogen-bond acceptors (Lipinski definition) is 4. The summed E-state index contributed by atoms with van der Waals surface area (Å²) in [5.41, 5.74) is 2.21. The Balaban J connectivity index is 2.42. The van der Waals surface area contributed by atoms with E-state index >= 15 is 0 Å². The summed E-state index contributed by atoms with van der Waals surface area (Å²) in [6.07, 6.45) is 0.512. The van der Waals surface area contributed by atoms with Crippen molar-refractivity contribution in [2.24, 2.45) is 0 Å². The Morgan fingerprint density at radius 3 is 2.30 bits per heavy atom. The highest BCUT2D eigenvalue weighted by atomic mass is 35.7. The number of aryl methyl sites for hydroxylation is 1. The first-order valence-corrected chi connectivity index (χ1v) is 8.54. The second-order valence-electron chi connectivity index (χ2n) is 4.96. The highest BCUT2D eigenvalue weighted by Crippen LogP contribution is 2.21. The molecule has 1 aromatic carbocycles. The standard InChI is InChI=1S/C13H16ClN3O2S/c1-9(2)17-12(15-16-13(17)20(14,18)19)8-11-6-4-10(3)5-7-11/h4-7,9H,8H2,1-3H3. The molecule has 0 bridgehead atoms. The van der Waals surface area contributed by atoms with E-state index in [0.717, 1.165) is 5.56 Å². The maximum absolute atomic E-state index is 11.5. The summed E-state index contributed by atoms with van der Waals surface area (Å²) < 4.78 is 24.6. The van der Waals surface area contributed by atoms with E-state index in [1.165, 1.54) is 5.56 Å². The average Bonchev–Trinajstić information content (AvgIpc) is 2.75. The third kappa shape index (κ3) is 3.19. The minimum Gasteiger partial charge on any atom is -0.298 e. The van der Waals surface area contributed by atoms with Crippen molar-refractivity contribution in [3.8, 4) is 0 Å². The molecule has 1 aromatic heterocycles. The van der Waals surface area contributed by atoms with Gasteiger partial charge in [0.15, 0.2) is 0 Å². The highest BCUT2D eigenvalue weighted by molar-refractivity contribution is 8.13. The number of benzene rings is 1. The lowest BCUT2D eigenvalue weighted by Gasteiger charge is -2.12. The first kappa shape index (κ1) is 15.0. The van der Waals surface area contributed by atoms with Crippen LogP contribution in [0.3, 0.4) is 0 Å². The van der Waals surface area contributed by atoms with Gasteiger partial charge in [0.2, 0.25) is 0 Å². The summed E-state index contributed by atoms with van der Waals surface area (Å²) in [6, 6.07) is 7.90. The minimum absolute atomic E-state index is 0.0889. The fraction of sp³-hybridized carbons (Fsp3) is 0.385. The topological polar surface area (TPSA) is 64.8 Å². The van der Waals surface area contributed by atoms with Crippen LogP contribution in [0.25, 0.3) is 0 Å².